The zero-order valence-electron chi connectivity index (χ0n) is 12.1. The molecule has 1 aliphatic heterocycles. The number of rotatable bonds is 5. The van der Waals surface area contributed by atoms with E-state index in [0.717, 1.165) is 44.2 Å². The third-order valence-corrected chi connectivity index (χ3v) is 4.31. The molecule has 2 aliphatic rings. The molecule has 0 radical (unpaired) electrons. The van der Waals surface area contributed by atoms with E-state index in [2.05, 4.69) is 28.6 Å². The Morgan fingerprint density at radius 3 is 3.10 bits per heavy atom. The first kappa shape index (κ1) is 13.6. The minimum absolute atomic E-state index is 0.0768. The molecule has 3 rings (SSSR count). The van der Waals surface area contributed by atoms with E-state index in [-0.39, 0.29) is 5.91 Å². The lowest BCUT2D eigenvalue weighted by Gasteiger charge is -2.20. The van der Waals surface area contributed by atoms with Crippen LogP contribution in [0, 0.1) is 0 Å². The van der Waals surface area contributed by atoms with Gasteiger partial charge in [0.05, 0.1) is 0 Å². The lowest BCUT2D eigenvalue weighted by molar-refractivity contribution is 0.0948. The van der Waals surface area contributed by atoms with Gasteiger partial charge >= 0.3 is 0 Å². The summed E-state index contributed by atoms with van der Waals surface area (Å²) in [5.74, 6) is 0.0768. The molecule has 1 aliphatic carbocycles. The van der Waals surface area contributed by atoms with Gasteiger partial charge in [-0.15, -0.1) is 0 Å². The molecule has 20 heavy (non-hydrogen) atoms. The average Bonchev–Trinajstić information content (AvgIpc) is 3.31. The number of carbonyl (C=O) groups is 1. The van der Waals surface area contributed by atoms with Gasteiger partial charge in [0, 0.05) is 31.2 Å². The molecule has 0 aromatic heterocycles. The maximum atomic E-state index is 12.3. The van der Waals surface area contributed by atoms with Crippen molar-refractivity contribution in [1.82, 2.24) is 15.5 Å². The van der Waals surface area contributed by atoms with E-state index < -0.39 is 0 Å². The van der Waals surface area contributed by atoms with Gasteiger partial charge in [0.2, 0.25) is 0 Å². The predicted octanol–water partition coefficient (Wildman–Crippen LogP) is 1.16. The van der Waals surface area contributed by atoms with Crippen molar-refractivity contribution >= 4 is 5.91 Å². The molecule has 0 atom stereocenters. The summed E-state index contributed by atoms with van der Waals surface area (Å²) in [7, 11) is 2.14. The van der Waals surface area contributed by atoms with E-state index >= 15 is 0 Å². The molecule has 0 bridgehead atoms. The number of nitrogens with one attached hydrogen (secondary N) is 2. The number of carbonyl (C=O) groups excluding carboxylic acids is 1. The number of fused-ring (bicyclic) bond motifs is 1. The standard InChI is InChI=1S/C16H23N3O/c1-19(13-5-6-13)10-9-18-16(20)15-4-2-3-12-11-17-8-7-14(12)15/h2-4,13,17H,5-11H2,1H3,(H,18,20). The van der Waals surface area contributed by atoms with Gasteiger partial charge in [-0.3, -0.25) is 4.79 Å². The van der Waals surface area contributed by atoms with Crippen LogP contribution in [0.1, 0.15) is 34.3 Å². The molecule has 0 saturated heterocycles. The molecule has 1 heterocycles. The molecule has 1 aromatic carbocycles. The minimum atomic E-state index is 0.0768. The van der Waals surface area contributed by atoms with E-state index in [1.165, 1.54) is 24.0 Å². The lowest BCUT2D eigenvalue weighted by atomic mass is 9.95. The Kier molecular flexibility index (Phi) is 4.03. The van der Waals surface area contributed by atoms with Crippen LogP contribution in [0.3, 0.4) is 0 Å². The van der Waals surface area contributed by atoms with Gasteiger partial charge in [0.15, 0.2) is 0 Å². The van der Waals surface area contributed by atoms with Crippen LogP contribution in [-0.4, -0.2) is 43.5 Å². The topological polar surface area (TPSA) is 44.4 Å². The smallest absolute Gasteiger partial charge is 0.251 e. The number of hydrogen-bond donors (Lipinski definition) is 2. The van der Waals surface area contributed by atoms with Gasteiger partial charge in [-0.1, -0.05) is 12.1 Å². The highest BCUT2D eigenvalue weighted by molar-refractivity contribution is 5.96. The quantitative estimate of drug-likeness (QED) is 0.846. The van der Waals surface area contributed by atoms with Crippen LogP contribution in [0.4, 0.5) is 0 Å². The van der Waals surface area contributed by atoms with E-state index in [1.807, 2.05) is 12.1 Å². The predicted molar refractivity (Wildman–Crippen MR) is 79.8 cm³/mol. The maximum absolute atomic E-state index is 12.3. The van der Waals surface area contributed by atoms with Crippen LogP contribution in [0.2, 0.25) is 0 Å². The van der Waals surface area contributed by atoms with Crippen LogP contribution in [-0.2, 0) is 13.0 Å². The first-order valence-electron chi connectivity index (χ1n) is 7.55. The molecule has 2 N–H and O–H groups in total. The second-order valence-corrected chi connectivity index (χ2v) is 5.84. The van der Waals surface area contributed by atoms with Crippen molar-refractivity contribution in [2.24, 2.45) is 0 Å². The molecule has 0 spiro atoms. The van der Waals surface area contributed by atoms with Gasteiger partial charge in [0.25, 0.3) is 5.91 Å². The van der Waals surface area contributed by atoms with Crippen LogP contribution in [0.5, 0.6) is 0 Å². The molecule has 1 aromatic rings. The average molecular weight is 273 g/mol. The van der Waals surface area contributed by atoms with Crippen molar-refractivity contribution in [2.75, 3.05) is 26.7 Å². The Hall–Kier alpha value is -1.39. The highest BCUT2D eigenvalue weighted by Gasteiger charge is 2.25. The fraction of sp³-hybridized carbons (Fsp3) is 0.562. The van der Waals surface area contributed by atoms with Gasteiger partial charge in [-0.2, -0.15) is 0 Å². The second-order valence-electron chi connectivity index (χ2n) is 5.84. The van der Waals surface area contributed by atoms with Crippen molar-refractivity contribution < 1.29 is 4.79 Å². The Balaban J connectivity index is 1.59. The monoisotopic (exact) mass is 273 g/mol. The van der Waals surface area contributed by atoms with E-state index in [1.54, 1.807) is 0 Å². The molecule has 4 nitrogen and oxygen atoms in total. The molecule has 1 amide bonds. The fourth-order valence-electron chi connectivity index (χ4n) is 2.88. The summed E-state index contributed by atoms with van der Waals surface area (Å²) in [6.45, 7) is 3.50. The first-order chi connectivity index (χ1) is 9.75. The molecule has 4 heteroatoms. The number of likely N-dealkylation sites (N-methyl/N-ethyl adjacent to an activating group) is 1. The Morgan fingerprint density at radius 2 is 2.30 bits per heavy atom. The number of amides is 1. The fourth-order valence-corrected chi connectivity index (χ4v) is 2.88. The minimum Gasteiger partial charge on any atom is -0.351 e. The Morgan fingerprint density at radius 1 is 1.45 bits per heavy atom. The van der Waals surface area contributed by atoms with Crippen LogP contribution in [0.25, 0.3) is 0 Å². The molecular weight excluding hydrogens is 250 g/mol. The highest BCUT2D eigenvalue weighted by Crippen LogP contribution is 2.24. The summed E-state index contributed by atoms with van der Waals surface area (Å²) in [6, 6.07) is 6.79. The molecule has 1 fully saturated rings. The van der Waals surface area contributed by atoms with E-state index in [9.17, 15) is 4.79 Å². The van der Waals surface area contributed by atoms with E-state index in [4.69, 9.17) is 0 Å². The summed E-state index contributed by atoms with van der Waals surface area (Å²) >= 11 is 0. The Labute approximate surface area is 120 Å². The second kappa shape index (κ2) is 5.94. The van der Waals surface area contributed by atoms with Gasteiger partial charge < -0.3 is 15.5 Å². The number of nitrogens with zero attached hydrogens (tertiary/aromatic N) is 1. The SMILES string of the molecule is CN(CCNC(=O)c1cccc2c1CCNC2)C1CC1. The van der Waals surface area contributed by atoms with Crippen molar-refractivity contribution in [2.45, 2.75) is 31.8 Å². The van der Waals surface area contributed by atoms with Crippen LogP contribution < -0.4 is 10.6 Å². The third-order valence-electron chi connectivity index (χ3n) is 4.31. The number of hydrogen-bond acceptors (Lipinski definition) is 3. The summed E-state index contributed by atoms with van der Waals surface area (Å²) in [4.78, 5) is 14.7. The highest BCUT2D eigenvalue weighted by atomic mass is 16.1. The van der Waals surface area contributed by atoms with Crippen molar-refractivity contribution in [3.05, 3.63) is 34.9 Å². The first-order valence-corrected chi connectivity index (χ1v) is 7.55. The van der Waals surface area contributed by atoms with Gasteiger partial charge in [-0.25, -0.2) is 0 Å². The van der Waals surface area contributed by atoms with Crippen molar-refractivity contribution in [3.63, 3.8) is 0 Å². The summed E-state index contributed by atoms with van der Waals surface area (Å²) in [6.07, 6.45) is 3.56. The summed E-state index contributed by atoms with van der Waals surface area (Å²) in [5, 5.41) is 6.41. The zero-order chi connectivity index (χ0) is 13.9. The molecule has 1 saturated carbocycles. The summed E-state index contributed by atoms with van der Waals surface area (Å²) < 4.78 is 0. The number of benzene rings is 1. The summed E-state index contributed by atoms with van der Waals surface area (Å²) in [5.41, 5.74) is 3.34. The molecule has 108 valence electrons. The normalized spacial score (nSPS) is 17.9. The van der Waals surface area contributed by atoms with Gasteiger partial charge in [-0.05, 0) is 50.0 Å². The zero-order valence-corrected chi connectivity index (χ0v) is 12.1. The van der Waals surface area contributed by atoms with Crippen LogP contribution >= 0.6 is 0 Å². The van der Waals surface area contributed by atoms with E-state index in [0.29, 0.717) is 0 Å². The van der Waals surface area contributed by atoms with Crippen molar-refractivity contribution in [1.29, 1.82) is 0 Å². The molecule has 0 unspecified atom stereocenters. The molecular formula is C16H23N3O. The maximum Gasteiger partial charge on any atom is 0.251 e. The largest absolute Gasteiger partial charge is 0.351 e. The van der Waals surface area contributed by atoms with Crippen molar-refractivity contribution in [3.8, 4) is 0 Å². The Bertz CT molecular complexity index is 496. The lowest BCUT2D eigenvalue weighted by Crippen LogP contribution is -2.35. The van der Waals surface area contributed by atoms with Gasteiger partial charge in [0.1, 0.15) is 0 Å². The van der Waals surface area contributed by atoms with Crippen LogP contribution in [0.15, 0.2) is 18.2 Å². The third kappa shape index (κ3) is 3.02.